The Morgan fingerprint density at radius 1 is 0.971 bits per heavy atom. The minimum atomic E-state index is -1.63. The van der Waals surface area contributed by atoms with E-state index in [2.05, 4.69) is 0 Å². The van der Waals surface area contributed by atoms with Crippen LogP contribution in [0.25, 0.3) is 22.3 Å². The quantitative estimate of drug-likeness (QED) is 0.333. The van der Waals surface area contributed by atoms with Crippen molar-refractivity contribution in [2.24, 2.45) is 0 Å². The van der Waals surface area contributed by atoms with Crippen molar-refractivity contribution in [1.29, 1.82) is 0 Å². The van der Waals surface area contributed by atoms with Crippen LogP contribution in [0.4, 0.5) is 0 Å². The number of para-hydroxylation sites is 1. The zero-order valence-corrected chi connectivity index (χ0v) is 18.2. The molecule has 1 aliphatic heterocycles. The molecule has 2 aromatic carbocycles. The first kappa shape index (κ1) is 23.8. The van der Waals surface area contributed by atoms with E-state index in [1.54, 1.807) is 18.2 Å². The molecule has 5 atom stereocenters. The van der Waals surface area contributed by atoms with Gasteiger partial charge in [-0.25, -0.2) is 0 Å². The van der Waals surface area contributed by atoms with Gasteiger partial charge in [0.25, 0.3) is 0 Å². The van der Waals surface area contributed by atoms with Gasteiger partial charge in [0, 0.05) is 12.1 Å². The Kier molecular flexibility index (Phi) is 6.64. The molecule has 5 N–H and O–H groups in total. The predicted molar refractivity (Wildman–Crippen MR) is 117 cm³/mol. The van der Waals surface area contributed by atoms with Crippen molar-refractivity contribution in [3.8, 4) is 34.3 Å². The maximum atomic E-state index is 12.9. The van der Waals surface area contributed by atoms with E-state index in [0.29, 0.717) is 0 Å². The number of rotatable bonds is 6. The number of phenols is 1. The molecule has 0 bridgehead atoms. The van der Waals surface area contributed by atoms with Crippen LogP contribution in [0.2, 0.25) is 0 Å². The van der Waals surface area contributed by atoms with Gasteiger partial charge in [0.2, 0.25) is 12.0 Å². The number of hydrogen-bond donors (Lipinski definition) is 5. The molecular weight excluding hydrogens is 452 g/mol. The molecule has 0 aliphatic carbocycles. The van der Waals surface area contributed by atoms with E-state index in [0.717, 1.165) is 6.07 Å². The number of hydrogen-bond acceptors (Lipinski definition) is 11. The molecule has 11 nitrogen and oxygen atoms in total. The van der Waals surface area contributed by atoms with Gasteiger partial charge in [-0.2, -0.15) is 0 Å². The molecule has 0 spiro atoms. The maximum absolute atomic E-state index is 12.9. The van der Waals surface area contributed by atoms with Crippen LogP contribution in [0, 0.1) is 0 Å². The lowest BCUT2D eigenvalue weighted by Gasteiger charge is -2.39. The van der Waals surface area contributed by atoms with Gasteiger partial charge < -0.3 is 48.9 Å². The zero-order valence-electron chi connectivity index (χ0n) is 18.2. The lowest BCUT2D eigenvalue weighted by atomic mass is 9.99. The second-order valence-corrected chi connectivity index (χ2v) is 7.62. The maximum Gasteiger partial charge on any atom is 0.229 e. The molecule has 2 heterocycles. The van der Waals surface area contributed by atoms with Crippen molar-refractivity contribution < 1.29 is 48.9 Å². The van der Waals surface area contributed by atoms with Gasteiger partial charge in [0.15, 0.2) is 16.8 Å². The molecule has 0 radical (unpaired) electrons. The van der Waals surface area contributed by atoms with Gasteiger partial charge in [-0.3, -0.25) is 4.79 Å². The number of aliphatic hydroxyl groups excluding tert-OH is 4. The van der Waals surface area contributed by atoms with Crippen molar-refractivity contribution in [3.05, 3.63) is 46.6 Å². The number of ether oxygens (including phenoxy) is 4. The lowest BCUT2D eigenvalue weighted by Crippen LogP contribution is -2.60. The summed E-state index contributed by atoms with van der Waals surface area (Å²) in [6.07, 6.45) is -7.39. The number of aliphatic hydroxyl groups is 4. The molecule has 1 saturated heterocycles. The standard InChI is InChI=1S/C23H24O11/c1-30-15-8-12(26)17-11(25)7-14(32-22(17)21(15)31-2)10-5-3-4-6-13(10)33-23-20(29)19(28)18(27)16(9-24)34-23/h3-8,16,18-20,23-24,26-29H,9H2,1-2H3. The monoisotopic (exact) mass is 476 g/mol. The summed E-state index contributed by atoms with van der Waals surface area (Å²) in [5, 5.41) is 49.9. The van der Waals surface area contributed by atoms with E-state index < -0.39 is 42.7 Å². The van der Waals surface area contributed by atoms with E-state index in [1.165, 1.54) is 26.4 Å². The molecule has 5 unspecified atom stereocenters. The van der Waals surface area contributed by atoms with Crippen LogP contribution in [0.3, 0.4) is 0 Å². The topological polar surface area (TPSA) is 168 Å². The van der Waals surface area contributed by atoms with E-state index in [4.69, 9.17) is 23.4 Å². The van der Waals surface area contributed by atoms with Gasteiger partial charge in [-0.05, 0) is 12.1 Å². The molecule has 34 heavy (non-hydrogen) atoms. The Hall–Kier alpha value is -3.35. The van der Waals surface area contributed by atoms with Crippen LogP contribution < -0.4 is 19.6 Å². The molecule has 0 amide bonds. The minimum Gasteiger partial charge on any atom is -0.507 e. The molecule has 4 rings (SSSR count). The average Bonchev–Trinajstić information content (AvgIpc) is 2.84. The highest BCUT2D eigenvalue weighted by Gasteiger charge is 2.45. The number of phenolic OH excluding ortho intramolecular Hbond substituents is 1. The van der Waals surface area contributed by atoms with Crippen LogP contribution in [-0.2, 0) is 4.74 Å². The molecule has 182 valence electrons. The number of benzene rings is 2. The van der Waals surface area contributed by atoms with E-state index >= 15 is 0 Å². The highest BCUT2D eigenvalue weighted by Crippen LogP contribution is 2.42. The SMILES string of the molecule is COc1cc(O)c2c(=O)cc(-c3ccccc3OC3OC(CO)C(O)C(O)C3O)oc2c1OC. The van der Waals surface area contributed by atoms with Crippen LogP contribution in [0.1, 0.15) is 0 Å². The molecular formula is C23H24O11. The first-order chi connectivity index (χ1) is 16.3. The van der Waals surface area contributed by atoms with Crippen molar-refractivity contribution in [3.63, 3.8) is 0 Å². The molecule has 11 heteroatoms. The third kappa shape index (κ3) is 4.04. The highest BCUT2D eigenvalue weighted by atomic mass is 16.7. The molecule has 1 aromatic heterocycles. The second-order valence-electron chi connectivity index (χ2n) is 7.62. The predicted octanol–water partition coefficient (Wildman–Crippen LogP) is 0.361. The van der Waals surface area contributed by atoms with Crippen LogP contribution in [0.15, 0.2) is 45.6 Å². The summed E-state index contributed by atoms with van der Waals surface area (Å²) in [5.74, 6) is 0.0584. The van der Waals surface area contributed by atoms with Crippen molar-refractivity contribution in [1.82, 2.24) is 0 Å². The van der Waals surface area contributed by atoms with Crippen molar-refractivity contribution >= 4 is 11.0 Å². The van der Waals surface area contributed by atoms with Gasteiger partial charge in [-0.15, -0.1) is 0 Å². The van der Waals surface area contributed by atoms with Crippen LogP contribution >= 0.6 is 0 Å². The Balaban J connectivity index is 1.80. The molecule has 3 aromatic rings. The van der Waals surface area contributed by atoms with Crippen LogP contribution in [-0.4, -0.2) is 77.1 Å². The minimum absolute atomic E-state index is 0.0450. The van der Waals surface area contributed by atoms with Gasteiger partial charge in [-0.1, -0.05) is 12.1 Å². The summed E-state index contributed by atoms with van der Waals surface area (Å²) in [6, 6.07) is 8.77. The number of fused-ring (bicyclic) bond motifs is 1. The second kappa shape index (κ2) is 9.49. The zero-order chi connectivity index (χ0) is 24.6. The smallest absolute Gasteiger partial charge is 0.229 e. The fraction of sp³-hybridized carbons (Fsp3) is 0.348. The normalized spacial score (nSPS) is 24.7. The number of methoxy groups -OCH3 is 2. The van der Waals surface area contributed by atoms with Crippen molar-refractivity contribution in [2.75, 3.05) is 20.8 Å². The van der Waals surface area contributed by atoms with Gasteiger partial charge in [0.05, 0.1) is 26.4 Å². The van der Waals surface area contributed by atoms with Gasteiger partial charge >= 0.3 is 0 Å². The first-order valence-corrected chi connectivity index (χ1v) is 10.3. The van der Waals surface area contributed by atoms with Gasteiger partial charge in [0.1, 0.15) is 47.1 Å². The van der Waals surface area contributed by atoms with E-state index in [-0.39, 0.29) is 45.3 Å². The first-order valence-electron chi connectivity index (χ1n) is 10.3. The Labute approximate surface area is 192 Å². The third-order valence-electron chi connectivity index (χ3n) is 5.57. The fourth-order valence-electron chi connectivity index (χ4n) is 3.81. The average molecular weight is 476 g/mol. The summed E-state index contributed by atoms with van der Waals surface area (Å²) < 4.78 is 27.6. The molecule has 1 aliphatic rings. The number of aromatic hydroxyl groups is 1. The lowest BCUT2D eigenvalue weighted by molar-refractivity contribution is -0.277. The van der Waals surface area contributed by atoms with E-state index in [1.807, 2.05) is 0 Å². The summed E-state index contributed by atoms with van der Waals surface area (Å²) in [6.45, 7) is -0.614. The Morgan fingerprint density at radius 2 is 1.71 bits per heavy atom. The van der Waals surface area contributed by atoms with E-state index in [9.17, 15) is 30.3 Å². The Bertz CT molecular complexity index is 1240. The summed E-state index contributed by atoms with van der Waals surface area (Å²) in [7, 11) is 2.73. The fourth-order valence-corrected chi connectivity index (χ4v) is 3.81. The molecule has 1 fully saturated rings. The van der Waals surface area contributed by atoms with Crippen molar-refractivity contribution in [2.45, 2.75) is 30.7 Å². The summed E-state index contributed by atoms with van der Waals surface area (Å²) >= 11 is 0. The third-order valence-corrected chi connectivity index (χ3v) is 5.57. The van der Waals surface area contributed by atoms with Crippen LogP contribution in [0.5, 0.6) is 23.0 Å². The molecule has 0 saturated carbocycles. The Morgan fingerprint density at radius 3 is 2.38 bits per heavy atom. The summed E-state index contributed by atoms with van der Waals surface area (Å²) in [4.78, 5) is 12.9. The highest BCUT2D eigenvalue weighted by molar-refractivity contribution is 5.92. The largest absolute Gasteiger partial charge is 0.507 e. The summed E-state index contributed by atoms with van der Waals surface area (Å²) in [5.41, 5.74) is -0.329.